The molecule has 4 bridgehead atoms. The second kappa shape index (κ2) is 3.72. The molecule has 0 spiro atoms. The molecule has 0 amide bonds. The molecule has 5 aliphatic rings. The fourth-order valence-electron chi connectivity index (χ4n) is 5.08. The highest BCUT2D eigenvalue weighted by Crippen LogP contribution is 2.60. The van der Waals surface area contributed by atoms with Gasteiger partial charge < -0.3 is 9.47 Å². The Labute approximate surface area is 108 Å². The van der Waals surface area contributed by atoms with Gasteiger partial charge in [0.1, 0.15) is 12.7 Å². The highest BCUT2D eigenvalue weighted by atomic mass is 16.6. The van der Waals surface area contributed by atoms with Gasteiger partial charge in [0.25, 0.3) is 0 Å². The van der Waals surface area contributed by atoms with E-state index in [-0.39, 0.29) is 23.6 Å². The van der Waals surface area contributed by atoms with Gasteiger partial charge >= 0.3 is 5.97 Å². The first kappa shape index (κ1) is 11.3. The van der Waals surface area contributed by atoms with Crippen LogP contribution in [0.15, 0.2) is 0 Å². The quantitative estimate of drug-likeness (QED) is 0.570. The largest absolute Gasteiger partial charge is 0.462 e. The first-order valence-electron chi connectivity index (χ1n) is 7.47. The molecule has 100 valence electrons. The molecule has 0 aromatic rings. The monoisotopic (exact) mass is 250 g/mol. The molecule has 4 aliphatic carbocycles. The zero-order valence-electron chi connectivity index (χ0n) is 11.1. The minimum atomic E-state index is -0.104. The van der Waals surface area contributed by atoms with Crippen LogP contribution in [0, 0.1) is 23.2 Å². The van der Waals surface area contributed by atoms with Crippen molar-refractivity contribution in [1.29, 1.82) is 0 Å². The van der Waals surface area contributed by atoms with Crippen molar-refractivity contribution in [1.82, 2.24) is 0 Å². The highest BCUT2D eigenvalue weighted by Gasteiger charge is 2.55. The zero-order chi connectivity index (χ0) is 12.3. The van der Waals surface area contributed by atoms with E-state index in [1.165, 1.54) is 19.3 Å². The summed E-state index contributed by atoms with van der Waals surface area (Å²) in [5.74, 6) is 2.50. The van der Waals surface area contributed by atoms with Crippen molar-refractivity contribution in [3.8, 4) is 0 Å². The molecule has 4 saturated carbocycles. The molecule has 3 nitrogen and oxygen atoms in total. The second-order valence-electron chi connectivity index (χ2n) is 7.18. The Morgan fingerprint density at radius 1 is 1.17 bits per heavy atom. The Morgan fingerprint density at radius 2 is 1.67 bits per heavy atom. The summed E-state index contributed by atoms with van der Waals surface area (Å²) < 4.78 is 10.9. The van der Waals surface area contributed by atoms with Crippen molar-refractivity contribution >= 4 is 5.97 Å². The first-order valence-corrected chi connectivity index (χ1v) is 7.47. The predicted octanol–water partition coefficient (Wildman–Crippen LogP) is 2.53. The lowest BCUT2D eigenvalue weighted by atomic mass is 9.49. The van der Waals surface area contributed by atoms with E-state index in [9.17, 15) is 4.79 Å². The summed E-state index contributed by atoms with van der Waals surface area (Å²) in [5.41, 5.74) is -0.104. The van der Waals surface area contributed by atoms with E-state index >= 15 is 0 Å². The number of epoxide rings is 1. The number of ether oxygens (including phenoxy) is 2. The Bertz CT molecular complexity index is 341. The number of esters is 1. The summed E-state index contributed by atoms with van der Waals surface area (Å²) in [6.07, 6.45) is 7.86. The zero-order valence-corrected chi connectivity index (χ0v) is 11.1. The third kappa shape index (κ3) is 1.70. The molecule has 0 N–H and O–H groups in total. The van der Waals surface area contributed by atoms with Crippen LogP contribution in [-0.4, -0.2) is 24.8 Å². The molecule has 0 radical (unpaired) electrons. The first-order chi connectivity index (χ1) is 8.64. The normalized spacial score (nSPS) is 52.4. The van der Waals surface area contributed by atoms with Crippen LogP contribution in [0.5, 0.6) is 0 Å². The average Bonchev–Trinajstić information content (AvgIpc) is 3.00. The van der Waals surface area contributed by atoms with Gasteiger partial charge in [0.2, 0.25) is 0 Å². The molecular weight excluding hydrogens is 228 g/mol. The van der Waals surface area contributed by atoms with E-state index in [2.05, 4.69) is 0 Å². The van der Waals surface area contributed by atoms with Crippen LogP contribution in [0.3, 0.4) is 0 Å². The smallest absolute Gasteiger partial charge is 0.312 e. The van der Waals surface area contributed by atoms with Gasteiger partial charge in [-0.2, -0.15) is 0 Å². The standard InChI is InChI=1S/C15H22O3/c1-9-13(18-9)8-17-14(16)15-5-10-2-11(6-15)4-12(3-10)7-15/h9-13H,2-8H2,1H3. The number of hydrogen-bond donors (Lipinski definition) is 0. The predicted molar refractivity (Wildman–Crippen MR) is 65.9 cm³/mol. The van der Waals surface area contributed by atoms with Crippen LogP contribution in [-0.2, 0) is 14.3 Å². The van der Waals surface area contributed by atoms with Crippen LogP contribution in [0.25, 0.3) is 0 Å². The maximum atomic E-state index is 12.5. The molecule has 0 aromatic carbocycles. The van der Waals surface area contributed by atoms with Crippen molar-refractivity contribution in [3.05, 3.63) is 0 Å². The molecule has 1 aliphatic heterocycles. The Morgan fingerprint density at radius 3 is 2.11 bits per heavy atom. The van der Waals surface area contributed by atoms with Crippen molar-refractivity contribution < 1.29 is 14.3 Å². The lowest BCUT2D eigenvalue weighted by Gasteiger charge is -2.55. The van der Waals surface area contributed by atoms with Crippen LogP contribution in [0.2, 0.25) is 0 Å². The number of carbonyl (C=O) groups excluding carboxylic acids is 1. The van der Waals surface area contributed by atoms with Gasteiger partial charge in [-0.05, 0) is 63.2 Å². The number of carbonyl (C=O) groups is 1. The molecule has 2 atom stereocenters. The summed E-state index contributed by atoms with van der Waals surface area (Å²) in [6, 6.07) is 0. The highest BCUT2D eigenvalue weighted by molar-refractivity contribution is 5.77. The van der Waals surface area contributed by atoms with Gasteiger partial charge in [-0.3, -0.25) is 4.79 Å². The maximum Gasteiger partial charge on any atom is 0.312 e. The van der Waals surface area contributed by atoms with Gasteiger partial charge in [-0.1, -0.05) is 0 Å². The van der Waals surface area contributed by atoms with Crippen molar-refractivity contribution in [3.63, 3.8) is 0 Å². The van der Waals surface area contributed by atoms with Crippen molar-refractivity contribution in [2.24, 2.45) is 23.2 Å². The topological polar surface area (TPSA) is 38.8 Å². The van der Waals surface area contributed by atoms with E-state index in [1.54, 1.807) is 0 Å². The fourth-order valence-corrected chi connectivity index (χ4v) is 5.08. The average molecular weight is 250 g/mol. The summed E-state index contributed by atoms with van der Waals surface area (Å²) in [5, 5.41) is 0. The van der Waals surface area contributed by atoms with Gasteiger partial charge in [0, 0.05) is 0 Å². The van der Waals surface area contributed by atoms with E-state index < -0.39 is 0 Å². The lowest BCUT2D eigenvalue weighted by Crippen LogP contribution is -2.50. The minimum absolute atomic E-state index is 0.0873. The van der Waals surface area contributed by atoms with Crippen molar-refractivity contribution in [2.45, 2.75) is 57.7 Å². The van der Waals surface area contributed by atoms with Gasteiger partial charge in [0.05, 0.1) is 11.5 Å². The number of hydrogen-bond acceptors (Lipinski definition) is 3. The Balaban J connectivity index is 1.44. The van der Waals surface area contributed by atoms with E-state index in [1.807, 2.05) is 6.92 Å². The van der Waals surface area contributed by atoms with E-state index in [4.69, 9.17) is 9.47 Å². The SMILES string of the molecule is CC1OC1COC(=O)C12CC3CC(CC(C3)C1)C2. The van der Waals surface area contributed by atoms with Crippen LogP contribution < -0.4 is 0 Å². The fraction of sp³-hybridized carbons (Fsp3) is 0.933. The minimum Gasteiger partial charge on any atom is -0.462 e. The van der Waals surface area contributed by atoms with Gasteiger partial charge in [0.15, 0.2) is 0 Å². The van der Waals surface area contributed by atoms with Gasteiger partial charge in [-0.15, -0.1) is 0 Å². The lowest BCUT2D eigenvalue weighted by molar-refractivity contribution is -0.172. The summed E-state index contributed by atoms with van der Waals surface area (Å²) in [7, 11) is 0. The van der Waals surface area contributed by atoms with Gasteiger partial charge in [-0.25, -0.2) is 0 Å². The third-order valence-electron chi connectivity index (χ3n) is 5.69. The molecule has 5 fully saturated rings. The Hall–Kier alpha value is -0.570. The molecule has 18 heavy (non-hydrogen) atoms. The molecule has 2 unspecified atom stereocenters. The second-order valence-corrected chi connectivity index (χ2v) is 7.18. The third-order valence-corrected chi connectivity index (χ3v) is 5.69. The van der Waals surface area contributed by atoms with E-state index in [0.717, 1.165) is 37.0 Å². The summed E-state index contributed by atoms with van der Waals surface area (Å²) >= 11 is 0. The molecule has 1 heterocycles. The van der Waals surface area contributed by atoms with Crippen LogP contribution in [0.4, 0.5) is 0 Å². The molecule has 1 saturated heterocycles. The van der Waals surface area contributed by atoms with Crippen LogP contribution in [0.1, 0.15) is 45.4 Å². The van der Waals surface area contributed by atoms with E-state index in [0.29, 0.717) is 6.61 Å². The Kier molecular flexibility index (Phi) is 2.33. The molecular formula is C15H22O3. The molecule has 5 rings (SSSR count). The maximum absolute atomic E-state index is 12.5. The van der Waals surface area contributed by atoms with Crippen LogP contribution >= 0.6 is 0 Å². The molecule has 0 aromatic heterocycles. The summed E-state index contributed by atoms with van der Waals surface area (Å²) in [4.78, 5) is 12.5. The number of rotatable bonds is 3. The molecule has 3 heteroatoms. The van der Waals surface area contributed by atoms with Crippen molar-refractivity contribution in [2.75, 3.05) is 6.61 Å². The summed E-state index contributed by atoms with van der Waals surface area (Å²) in [6.45, 7) is 2.50.